The lowest BCUT2D eigenvalue weighted by molar-refractivity contribution is -0.302. The third-order valence-corrected chi connectivity index (χ3v) is 3.60. The van der Waals surface area contributed by atoms with Gasteiger partial charge in [0, 0.05) is 12.3 Å². The van der Waals surface area contributed by atoms with Crippen LogP contribution in [0.15, 0.2) is 0 Å². The minimum atomic E-state index is -2.31. The Morgan fingerprint density at radius 2 is 2.11 bits per heavy atom. The SMILES string of the molecule is CC[C@H](O)[C@@H](O)C1OC(O)(C(=O)OC)C[C@H](O)[C@H]1C. The molecule has 1 saturated heterocycles. The maximum atomic E-state index is 11.5. The molecule has 2 unspecified atom stereocenters. The molecule has 6 atom stereocenters. The largest absolute Gasteiger partial charge is 0.465 e. The quantitative estimate of drug-likeness (QED) is 0.475. The molecule has 0 spiro atoms. The molecular formula is C12H22O7. The highest BCUT2D eigenvalue weighted by atomic mass is 16.7. The van der Waals surface area contributed by atoms with Crippen molar-refractivity contribution in [2.24, 2.45) is 5.92 Å². The predicted octanol–water partition coefficient (Wildman–Crippen LogP) is -1.23. The summed E-state index contributed by atoms with van der Waals surface area (Å²) in [5.41, 5.74) is 0. The molecule has 0 aromatic carbocycles. The average Bonchev–Trinajstić information content (AvgIpc) is 2.40. The zero-order valence-electron chi connectivity index (χ0n) is 11.3. The van der Waals surface area contributed by atoms with E-state index in [1.54, 1.807) is 13.8 Å². The van der Waals surface area contributed by atoms with E-state index in [-0.39, 0.29) is 12.8 Å². The standard InChI is InChI=1S/C12H22O7/c1-4-7(13)9(15)10-6(2)8(14)5-12(17,19-10)11(16)18-3/h6-10,13-15,17H,4-5H2,1-3H3/t6-,7+,8+,9-,10?,12?/m1/s1. The first-order valence-electron chi connectivity index (χ1n) is 6.29. The second kappa shape index (κ2) is 6.15. The fraction of sp³-hybridized carbons (Fsp3) is 0.917. The lowest BCUT2D eigenvalue weighted by atomic mass is 9.84. The summed E-state index contributed by atoms with van der Waals surface area (Å²) in [5.74, 6) is -3.89. The number of hydrogen-bond donors (Lipinski definition) is 4. The van der Waals surface area contributed by atoms with Crippen LogP contribution in [0, 0.1) is 5.92 Å². The average molecular weight is 278 g/mol. The van der Waals surface area contributed by atoms with E-state index in [1.165, 1.54) is 0 Å². The molecule has 1 fully saturated rings. The van der Waals surface area contributed by atoms with E-state index in [2.05, 4.69) is 4.74 Å². The fourth-order valence-electron chi connectivity index (χ4n) is 2.20. The highest BCUT2D eigenvalue weighted by Gasteiger charge is 2.52. The van der Waals surface area contributed by atoms with Crippen molar-refractivity contribution >= 4 is 5.97 Å². The van der Waals surface area contributed by atoms with Gasteiger partial charge in [-0.25, -0.2) is 4.79 Å². The number of carbonyl (C=O) groups excluding carboxylic acids is 1. The van der Waals surface area contributed by atoms with E-state index in [4.69, 9.17) is 4.74 Å². The van der Waals surface area contributed by atoms with Crippen molar-refractivity contribution in [3.8, 4) is 0 Å². The number of hydrogen-bond acceptors (Lipinski definition) is 7. The summed E-state index contributed by atoms with van der Waals surface area (Å²) in [6.45, 7) is 3.28. The van der Waals surface area contributed by atoms with Gasteiger partial charge in [-0.3, -0.25) is 0 Å². The molecule has 1 aliphatic heterocycles. The summed E-state index contributed by atoms with van der Waals surface area (Å²) in [6.07, 6.45) is -4.57. The molecule has 0 aliphatic carbocycles. The lowest BCUT2D eigenvalue weighted by Crippen LogP contribution is -2.60. The van der Waals surface area contributed by atoms with Gasteiger partial charge in [0.2, 0.25) is 0 Å². The van der Waals surface area contributed by atoms with Crippen LogP contribution in [0.4, 0.5) is 0 Å². The zero-order chi connectivity index (χ0) is 14.8. The second-order valence-electron chi connectivity index (χ2n) is 4.96. The maximum Gasteiger partial charge on any atom is 0.366 e. The lowest BCUT2D eigenvalue weighted by Gasteiger charge is -2.43. The molecule has 7 nitrogen and oxygen atoms in total. The third-order valence-electron chi connectivity index (χ3n) is 3.60. The molecular weight excluding hydrogens is 256 g/mol. The Bertz CT molecular complexity index is 321. The molecule has 0 bridgehead atoms. The molecule has 112 valence electrons. The van der Waals surface area contributed by atoms with Crippen LogP contribution in [-0.2, 0) is 14.3 Å². The Labute approximate surface area is 111 Å². The molecule has 1 heterocycles. The summed E-state index contributed by atoms with van der Waals surface area (Å²) >= 11 is 0. The van der Waals surface area contributed by atoms with Crippen LogP contribution in [0.5, 0.6) is 0 Å². The van der Waals surface area contributed by atoms with Crippen molar-refractivity contribution in [1.82, 2.24) is 0 Å². The Hall–Kier alpha value is -0.730. The van der Waals surface area contributed by atoms with Gasteiger partial charge in [0.1, 0.15) is 6.10 Å². The van der Waals surface area contributed by atoms with E-state index in [9.17, 15) is 25.2 Å². The zero-order valence-corrected chi connectivity index (χ0v) is 11.3. The van der Waals surface area contributed by atoms with E-state index in [0.29, 0.717) is 0 Å². The smallest absolute Gasteiger partial charge is 0.366 e. The van der Waals surface area contributed by atoms with Gasteiger partial charge in [0.25, 0.3) is 5.79 Å². The van der Waals surface area contributed by atoms with E-state index < -0.39 is 42.1 Å². The van der Waals surface area contributed by atoms with Crippen LogP contribution in [0.25, 0.3) is 0 Å². The van der Waals surface area contributed by atoms with Crippen LogP contribution in [0.3, 0.4) is 0 Å². The predicted molar refractivity (Wildman–Crippen MR) is 63.9 cm³/mol. The van der Waals surface area contributed by atoms with Crippen molar-refractivity contribution in [3.63, 3.8) is 0 Å². The number of methoxy groups -OCH3 is 1. The highest BCUT2D eigenvalue weighted by Crippen LogP contribution is 2.34. The molecule has 0 radical (unpaired) electrons. The number of rotatable bonds is 4. The minimum absolute atomic E-state index is 0.278. The summed E-state index contributed by atoms with van der Waals surface area (Å²) in [4.78, 5) is 11.5. The van der Waals surface area contributed by atoms with Crippen LogP contribution in [0.2, 0.25) is 0 Å². The van der Waals surface area contributed by atoms with E-state index in [1.807, 2.05) is 0 Å². The van der Waals surface area contributed by atoms with Crippen molar-refractivity contribution in [2.45, 2.75) is 56.9 Å². The summed E-state index contributed by atoms with van der Waals surface area (Å²) in [6, 6.07) is 0. The molecule has 0 saturated carbocycles. The number of ether oxygens (including phenoxy) is 2. The Balaban J connectivity index is 2.94. The van der Waals surface area contributed by atoms with Gasteiger partial charge >= 0.3 is 5.97 Å². The van der Waals surface area contributed by atoms with Gasteiger partial charge in [-0.15, -0.1) is 0 Å². The molecule has 1 rings (SSSR count). The Morgan fingerprint density at radius 1 is 1.53 bits per heavy atom. The molecule has 4 N–H and O–H groups in total. The van der Waals surface area contributed by atoms with Crippen LogP contribution < -0.4 is 0 Å². The number of esters is 1. The third kappa shape index (κ3) is 3.24. The van der Waals surface area contributed by atoms with Gasteiger partial charge in [0.05, 0.1) is 25.4 Å². The Morgan fingerprint density at radius 3 is 2.58 bits per heavy atom. The normalized spacial score (nSPS) is 38.6. The molecule has 0 amide bonds. The van der Waals surface area contributed by atoms with Crippen molar-refractivity contribution in [3.05, 3.63) is 0 Å². The van der Waals surface area contributed by atoms with Crippen LogP contribution in [0.1, 0.15) is 26.7 Å². The highest BCUT2D eigenvalue weighted by molar-refractivity contribution is 5.77. The van der Waals surface area contributed by atoms with Crippen molar-refractivity contribution in [2.75, 3.05) is 7.11 Å². The number of aliphatic hydroxyl groups is 4. The van der Waals surface area contributed by atoms with Crippen molar-refractivity contribution < 1.29 is 34.7 Å². The monoisotopic (exact) mass is 278 g/mol. The van der Waals surface area contributed by atoms with E-state index in [0.717, 1.165) is 7.11 Å². The molecule has 7 heteroatoms. The number of aliphatic hydroxyl groups excluding tert-OH is 3. The first-order valence-corrected chi connectivity index (χ1v) is 6.29. The van der Waals surface area contributed by atoms with Gasteiger partial charge < -0.3 is 29.9 Å². The summed E-state index contributed by atoms with van der Waals surface area (Å²) in [7, 11) is 1.08. The summed E-state index contributed by atoms with van der Waals surface area (Å²) < 4.78 is 9.63. The minimum Gasteiger partial charge on any atom is -0.465 e. The molecule has 0 aromatic heterocycles. The Kier molecular flexibility index (Phi) is 5.28. The van der Waals surface area contributed by atoms with Crippen molar-refractivity contribution in [1.29, 1.82) is 0 Å². The van der Waals surface area contributed by atoms with Gasteiger partial charge in [-0.05, 0) is 6.42 Å². The molecule has 0 aromatic rings. The summed E-state index contributed by atoms with van der Waals surface area (Å²) in [5, 5.41) is 39.6. The number of carbonyl (C=O) groups is 1. The van der Waals surface area contributed by atoms with Gasteiger partial charge in [-0.2, -0.15) is 0 Å². The molecule has 1 aliphatic rings. The van der Waals surface area contributed by atoms with Gasteiger partial charge in [0.15, 0.2) is 0 Å². The first-order chi connectivity index (χ1) is 8.76. The first kappa shape index (κ1) is 16.3. The fourth-order valence-corrected chi connectivity index (χ4v) is 2.20. The maximum absolute atomic E-state index is 11.5. The van der Waals surface area contributed by atoms with Crippen LogP contribution in [-0.4, -0.2) is 63.7 Å². The topological polar surface area (TPSA) is 116 Å². The van der Waals surface area contributed by atoms with Gasteiger partial charge in [-0.1, -0.05) is 13.8 Å². The van der Waals surface area contributed by atoms with Crippen LogP contribution >= 0.6 is 0 Å². The van der Waals surface area contributed by atoms with E-state index >= 15 is 0 Å². The second-order valence-corrected chi connectivity index (χ2v) is 4.96. The molecule has 19 heavy (non-hydrogen) atoms.